The van der Waals surface area contributed by atoms with Crippen molar-refractivity contribution < 1.29 is 13.9 Å². The number of furan rings is 1. The highest BCUT2D eigenvalue weighted by atomic mass is 127. The van der Waals surface area contributed by atoms with Crippen molar-refractivity contribution in [2.75, 3.05) is 59.0 Å². The van der Waals surface area contributed by atoms with Crippen LogP contribution in [0.25, 0.3) is 0 Å². The normalized spacial score (nSPS) is 19.0. The van der Waals surface area contributed by atoms with Crippen LogP contribution in [0.1, 0.15) is 38.5 Å². The molecule has 1 aromatic heterocycles. The lowest BCUT2D eigenvalue weighted by molar-refractivity contribution is 0.0914. The monoisotopic (exact) mass is 519 g/mol. The highest BCUT2D eigenvalue weighted by Crippen LogP contribution is 2.26. The Kier molecular flexibility index (Phi) is 10.1. The summed E-state index contributed by atoms with van der Waals surface area (Å²) in [5, 5.41) is 3.40. The molecular weight excluding hydrogens is 485 g/mol. The number of aliphatic imine (C=N–C) groups is 1. The van der Waals surface area contributed by atoms with Crippen molar-refractivity contribution in [2.24, 2.45) is 4.99 Å². The summed E-state index contributed by atoms with van der Waals surface area (Å²) in [6.45, 7) is 10.8. The number of nitrogens with one attached hydrogen (secondary N) is 1. The van der Waals surface area contributed by atoms with Crippen LogP contribution in [0, 0.1) is 0 Å². The zero-order valence-electron chi connectivity index (χ0n) is 17.5. The second-order valence-electron chi connectivity index (χ2n) is 7.14. The van der Waals surface area contributed by atoms with Gasteiger partial charge in [0.2, 0.25) is 0 Å². The molecule has 164 valence electrons. The molecule has 0 radical (unpaired) electrons. The van der Waals surface area contributed by atoms with Gasteiger partial charge in [0.25, 0.3) is 0 Å². The molecule has 9 heteroatoms. The molecule has 3 heterocycles. The van der Waals surface area contributed by atoms with Gasteiger partial charge in [-0.15, -0.1) is 24.0 Å². The average Bonchev–Trinajstić information content (AvgIpc) is 3.42. The minimum atomic E-state index is -0.226. The first-order valence-corrected chi connectivity index (χ1v) is 10.4. The number of hydrogen-bond acceptors (Lipinski definition) is 5. The van der Waals surface area contributed by atoms with Gasteiger partial charge in [-0.2, -0.15) is 0 Å². The van der Waals surface area contributed by atoms with Crippen LogP contribution in [-0.2, 0) is 4.74 Å². The van der Waals surface area contributed by atoms with E-state index in [1.807, 2.05) is 19.1 Å². The van der Waals surface area contributed by atoms with Gasteiger partial charge in [0.1, 0.15) is 5.76 Å². The van der Waals surface area contributed by atoms with Gasteiger partial charge in [-0.25, -0.2) is 4.79 Å². The Morgan fingerprint density at radius 2 is 1.86 bits per heavy atom. The summed E-state index contributed by atoms with van der Waals surface area (Å²) in [5.41, 5.74) is 0. The minimum absolute atomic E-state index is 0. The fraction of sp³-hybridized carbons (Fsp3) is 0.700. The number of guanidine groups is 1. The van der Waals surface area contributed by atoms with Crippen LogP contribution in [0.2, 0.25) is 0 Å². The first kappa shape index (κ1) is 23.8. The Morgan fingerprint density at radius 1 is 1.17 bits per heavy atom. The Balaban J connectivity index is 0.00000300. The van der Waals surface area contributed by atoms with Crippen LogP contribution in [0.3, 0.4) is 0 Å². The summed E-state index contributed by atoms with van der Waals surface area (Å²) in [6, 6.07) is 4.16. The third-order valence-corrected chi connectivity index (χ3v) is 5.31. The quantitative estimate of drug-likeness (QED) is 0.354. The van der Waals surface area contributed by atoms with E-state index in [9.17, 15) is 4.79 Å². The molecule has 3 rings (SSSR count). The maximum absolute atomic E-state index is 11.9. The summed E-state index contributed by atoms with van der Waals surface area (Å²) >= 11 is 0. The third-order valence-electron chi connectivity index (χ3n) is 5.31. The molecule has 0 saturated carbocycles. The molecule has 2 fully saturated rings. The van der Waals surface area contributed by atoms with Gasteiger partial charge in [-0.3, -0.25) is 9.89 Å². The number of halogens is 1. The lowest BCUT2D eigenvalue weighted by Gasteiger charge is -2.36. The Morgan fingerprint density at radius 3 is 2.45 bits per heavy atom. The van der Waals surface area contributed by atoms with Gasteiger partial charge in [0.05, 0.1) is 25.5 Å². The number of ether oxygens (including phenoxy) is 1. The summed E-state index contributed by atoms with van der Waals surface area (Å²) in [5.74, 6) is 1.88. The number of hydrogen-bond donors (Lipinski definition) is 1. The number of rotatable bonds is 6. The molecule has 2 aliphatic rings. The van der Waals surface area contributed by atoms with E-state index < -0.39 is 0 Å². The lowest BCUT2D eigenvalue weighted by atomic mass is 10.2. The van der Waals surface area contributed by atoms with E-state index in [2.05, 4.69) is 22.0 Å². The molecule has 1 unspecified atom stereocenters. The van der Waals surface area contributed by atoms with Crippen molar-refractivity contribution in [3.05, 3.63) is 24.2 Å². The molecule has 0 aromatic carbocycles. The van der Waals surface area contributed by atoms with Crippen molar-refractivity contribution >= 4 is 36.0 Å². The Labute approximate surface area is 190 Å². The first-order chi connectivity index (χ1) is 13.7. The number of piperazine rings is 1. The molecule has 1 atom stereocenters. The van der Waals surface area contributed by atoms with Crippen molar-refractivity contribution in [1.82, 2.24) is 20.0 Å². The largest absolute Gasteiger partial charge is 0.468 e. The van der Waals surface area contributed by atoms with E-state index in [0.29, 0.717) is 26.2 Å². The van der Waals surface area contributed by atoms with Crippen LogP contribution in [-0.4, -0.2) is 85.7 Å². The van der Waals surface area contributed by atoms with Crippen molar-refractivity contribution in [3.8, 4) is 0 Å². The maximum atomic E-state index is 11.9. The summed E-state index contributed by atoms with van der Waals surface area (Å²) in [7, 11) is 0. The molecule has 0 aliphatic carbocycles. The number of amides is 1. The zero-order valence-corrected chi connectivity index (χ0v) is 19.8. The fourth-order valence-corrected chi connectivity index (χ4v) is 3.83. The van der Waals surface area contributed by atoms with Gasteiger partial charge >= 0.3 is 6.09 Å². The van der Waals surface area contributed by atoms with E-state index in [1.54, 1.807) is 11.2 Å². The molecule has 1 N–H and O–H groups in total. The Bertz CT molecular complexity index is 626. The van der Waals surface area contributed by atoms with Gasteiger partial charge in [0.15, 0.2) is 5.96 Å². The molecular formula is C20H34IN5O3. The second kappa shape index (κ2) is 12.3. The fourth-order valence-electron chi connectivity index (χ4n) is 3.83. The second-order valence-corrected chi connectivity index (χ2v) is 7.14. The van der Waals surface area contributed by atoms with Gasteiger partial charge < -0.3 is 24.3 Å². The summed E-state index contributed by atoms with van der Waals surface area (Å²) in [4.78, 5) is 23.3. The number of likely N-dealkylation sites (tertiary alicyclic amines) is 1. The predicted molar refractivity (Wildman–Crippen MR) is 124 cm³/mol. The molecule has 1 aromatic rings. The minimum Gasteiger partial charge on any atom is -0.468 e. The zero-order chi connectivity index (χ0) is 19.8. The summed E-state index contributed by atoms with van der Waals surface area (Å²) in [6.07, 6.45) is 3.98. The first-order valence-electron chi connectivity index (χ1n) is 10.4. The van der Waals surface area contributed by atoms with Crippen molar-refractivity contribution in [1.29, 1.82) is 0 Å². The topological polar surface area (TPSA) is 73.6 Å². The van der Waals surface area contributed by atoms with Crippen LogP contribution < -0.4 is 5.32 Å². The van der Waals surface area contributed by atoms with E-state index in [0.717, 1.165) is 44.4 Å². The van der Waals surface area contributed by atoms with Crippen molar-refractivity contribution in [3.63, 3.8) is 0 Å². The molecule has 2 aliphatic heterocycles. The van der Waals surface area contributed by atoms with E-state index >= 15 is 0 Å². The van der Waals surface area contributed by atoms with E-state index in [4.69, 9.17) is 14.1 Å². The SMILES string of the molecule is CCNC(=NCC(c1ccco1)N1CCCC1)N1CCN(C(=O)OCC)CC1.I. The number of carbonyl (C=O) groups is 1. The highest BCUT2D eigenvalue weighted by molar-refractivity contribution is 14.0. The molecule has 29 heavy (non-hydrogen) atoms. The maximum Gasteiger partial charge on any atom is 0.409 e. The highest BCUT2D eigenvalue weighted by Gasteiger charge is 2.27. The smallest absolute Gasteiger partial charge is 0.409 e. The standard InChI is InChI=1S/C20H33N5O3.HI/c1-3-21-19(24-11-13-25(14-12-24)20(26)27-4-2)22-16-17(18-8-7-15-28-18)23-9-5-6-10-23;/h7-8,15,17H,3-6,9-14,16H2,1-2H3,(H,21,22);1H. The number of nitrogens with zero attached hydrogens (tertiary/aromatic N) is 4. The van der Waals surface area contributed by atoms with E-state index in [-0.39, 0.29) is 36.1 Å². The molecule has 0 bridgehead atoms. The molecule has 1 amide bonds. The number of carbonyl (C=O) groups excluding carboxylic acids is 1. The molecule has 0 spiro atoms. The average molecular weight is 519 g/mol. The van der Waals surface area contributed by atoms with Crippen LogP contribution in [0.4, 0.5) is 4.79 Å². The molecule has 8 nitrogen and oxygen atoms in total. The summed E-state index contributed by atoms with van der Waals surface area (Å²) < 4.78 is 10.8. The van der Waals surface area contributed by atoms with Gasteiger partial charge in [0, 0.05) is 32.7 Å². The molecule has 2 saturated heterocycles. The third kappa shape index (κ3) is 6.50. The van der Waals surface area contributed by atoms with Gasteiger partial charge in [-0.05, 0) is 51.9 Å². The lowest BCUT2D eigenvalue weighted by Crippen LogP contribution is -2.54. The van der Waals surface area contributed by atoms with E-state index in [1.165, 1.54) is 12.8 Å². The van der Waals surface area contributed by atoms with Crippen LogP contribution in [0.5, 0.6) is 0 Å². The van der Waals surface area contributed by atoms with Gasteiger partial charge in [-0.1, -0.05) is 0 Å². The Hall–Kier alpha value is -1.49. The van der Waals surface area contributed by atoms with Crippen LogP contribution >= 0.6 is 24.0 Å². The van der Waals surface area contributed by atoms with Crippen molar-refractivity contribution in [2.45, 2.75) is 32.7 Å². The predicted octanol–water partition coefficient (Wildman–Crippen LogP) is 2.77. The van der Waals surface area contributed by atoms with Crippen LogP contribution in [0.15, 0.2) is 27.8 Å².